The Hall–Kier alpha value is -1.05. The average Bonchev–Trinajstić information content (AvgIpc) is 2.42. The smallest absolute Gasteiger partial charge is 0.246 e. The Bertz CT molecular complexity index is 569. The van der Waals surface area contributed by atoms with E-state index in [9.17, 15) is 17.2 Å². The molecule has 1 fully saturated rings. The summed E-state index contributed by atoms with van der Waals surface area (Å²) in [5.41, 5.74) is 0. The second kappa shape index (κ2) is 6.15. The lowest BCUT2D eigenvalue weighted by molar-refractivity contribution is 0.121. The third kappa shape index (κ3) is 3.16. The van der Waals surface area contributed by atoms with E-state index in [0.29, 0.717) is 38.5 Å². The third-order valence-electron chi connectivity index (χ3n) is 3.49. The van der Waals surface area contributed by atoms with Crippen molar-refractivity contribution in [3.63, 3.8) is 0 Å². The first kappa shape index (κ1) is 15.3. The molecular weight excluding hydrogens is 288 g/mol. The van der Waals surface area contributed by atoms with Gasteiger partial charge in [0.2, 0.25) is 10.0 Å². The van der Waals surface area contributed by atoms with Gasteiger partial charge in [-0.25, -0.2) is 17.2 Å². The minimum absolute atomic E-state index is 0.298. The monoisotopic (exact) mass is 305 g/mol. The van der Waals surface area contributed by atoms with E-state index in [4.69, 9.17) is 4.74 Å². The fourth-order valence-corrected chi connectivity index (χ4v) is 3.91. The number of rotatable bonds is 4. The molecule has 0 spiro atoms. The molecule has 1 heterocycles. The van der Waals surface area contributed by atoms with E-state index in [1.54, 1.807) is 7.11 Å². The number of ether oxygens (including phenoxy) is 1. The third-order valence-corrected chi connectivity index (χ3v) is 5.40. The summed E-state index contributed by atoms with van der Waals surface area (Å²) in [7, 11) is -2.37. The summed E-state index contributed by atoms with van der Waals surface area (Å²) < 4.78 is 57.6. The standard InChI is InChI=1S/C13H17F2NO3S/c1-19-9-10-4-6-16(7-5-10)20(17,18)13-8-11(14)2-3-12(13)15/h2-3,8,10H,4-7,9H2,1H3. The molecule has 112 valence electrons. The fraction of sp³-hybridized carbons (Fsp3) is 0.538. The Labute approximate surface area is 117 Å². The van der Waals surface area contributed by atoms with Crippen LogP contribution >= 0.6 is 0 Å². The van der Waals surface area contributed by atoms with Gasteiger partial charge in [-0.2, -0.15) is 4.31 Å². The van der Waals surface area contributed by atoms with Gasteiger partial charge in [0, 0.05) is 26.8 Å². The molecule has 0 bridgehead atoms. The summed E-state index contributed by atoms with van der Waals surface area (Å²) in [4.78, 5) is -0.595. The number of hydrogen-bond acceptors (Lipinski definition) is 3. The maximum Gasteiger partial charge on any atom is 0.246 e. The van der Waals surface area contributed by atoms with Crippen molar-refractivity contribution in [3.8, 4) is 0 Å². The fourth-order valence-electron chi connectivity index (χ4n) is 2.37. The first-order valence-corrected chi connectivity index (χ1v) is 7.83. The highest BCUT2D eigenvalue weighted by Crippen LogP contribution is 2.25. The molecular formula is C13H17F2NO3S. The van der Waals surface area contributed by atoms with Gasteiger partial charge in [-0.3, -0.25) is 0 Å². The highest BCUT2D eigenvalue weighted by molar-refractivity contribution is 7.89. The van der Waals surface area contributed by atoms with Crippen LogP contribution in [0, 0.1) is 17.6 Å². The zero-order valence-corrected chi connectivity index (χ0v) is 12.0. The van der Waals surface area contributed by atoms with E-state index in [1.807, 2.05) is 0 Å². The quantitative estimate of drug-likeness (QED) is 0.855. The highest BCUT2D eigenvalue weighted by atomic mass is 32.2. The molecule has 0 aliphatic carbocycles. The largest absolute Gasteiger partial charge is 0.384 e. The normalized spacial score (nSPS) is 18.4. The topological polar surface area (TPSA) is 46.6 Å². The second-order valence-electron chi connectivity index (χ2n) is 4.88. The van der Waals surface area contributed by atoms with Crippen LogP contribution in [0.15, 0.2) is 23.1 Å². The summed E-state index contributed by atoms with van der Waals surface area (Å²) in [5.74, 6) is -1.38. The Morgan fingerprint density at radius 2 is 1.95 bits per heavy atom. The van der Waals surface area contributed by atoms with Crippen molar-refractivity contribution in [1.82, 2.24) is 4.31 Å². The Morgan fingerprint density at radius 1 is 1.30 bits per heavy atom. The molecule has 2 rings (SSSR count). The molecule has 0 amide bonds. The van der Waals surface area contributed by atoms with Crippen LogP contribution in [-0.2, 0) is 14.8 Å². The summed E-state index contributed by atoms with van der Waals surface area (Å²) in [5, 5.41) is 0. The van der Waals surface area contributed by atoms with E-state index < -0.39 is 26.6 Å². The second-order valence-corrected chi connectivity index (χ2v) is 6.78. The van der Waals surface area contributed by atoms with Crippen LogP contribution in [0.4, 0.5) is 8.78 Å². The Kier molecular flexibility index (Phi) is 4.72. The van der Waals surface area contributed by atoms with Crippen molar-refractivity contribution in [2.24, 2.45) is 5.92 Å². The summed E-state index contributed by atoms with van der Waals surface area (Å²) in [6, 6.07) is 2.46. The van der Waals surface area contributed by atoms with Gasteiger partial charge in [-0.05, 0) is 37.0 Å². The van der Waals surface area contributed by atoms with E-state index in [1.165, 1.54) is 4.31 Å². The molecule has 1 aromatic rings. The van der Waals surface area contributed by atoms with E-state index in [-0.39, 0.29) is 0 Å². The van der Waals surface area contributed by atoms with Crippen LogP contribution in [0.2, 0.25) is 0 Å². The molecule has 1 saturated heterocycles. The molecule has 0 aromatic heterocycles. The number of methoxy groups -OCH3 is 1. The molecule has 20 heavy (non-hydrogen) atoms. The maximum absolute atomic E-state index is 13.6. The number of halogens is 2. The van der Waals surface area contributed by atoms with Crippen LogP contribution in [0.5, 0.6) is 0 Å². The van der Waals surface area contributed by atoms with Crippen LogP contribution in [0.25, 0.3) is 0 Å². The zero-order chi connectivity index (χ0) is 14.8. The van der Waals surface area contributed by atoms with Gasteiger partial charge < -0.3 is 4.74 Å². The van der Waals surface area contributed by atoms with Gasteiger partial charge >= 0.3 is 0 Å². The van der Waals surface area contributed by atoms with Gasteiger partial charge in [0.05, 0.1) is 0 Å². The zero-order valence-electron chi connectivity index (χ0n) is 11.2. The summed E-state index contributed by atoms with van der Waals surface area (Å²) in [6.45, 7) is 1.18. The van der Waals surface area contributed by atoms with Crippen molar-refractivity contribution >= 4 is 10.0 Å². The van der Waals surface area contributed by atoms with Crippen molar-refractivity contribution in [3.05, 3.63) is 29.8 Å². The van der Waals surface area contributed by atoms with Gasteiger partial charge in [-0.15, -0.1) is 0 Å². The van der Waals surface area contributed by atoms with Gasteiger partial charge in [0.1, 0.15) is 16.5 Å². The average molecular weight is 305 g/mol. The number of benzene rings is 1. The van der Waals surface area contributed by atoms with Gasteiger partial charge in [0.25, 0.3) is 0 Å². The number of hydrogen-bond donors (Lipinski definition) is 0. The van der Waals surface area contributed by atoms with Crippen LogP contribution < -0.4 is 0 Å². The molecule has 0 unspecified atom stereocenters. The van der Waals surface area contributed by atoms with Crippen LogP contribution in [-0.4, -0.2) is 39.5 Å². The van der Waals surface area contributed by atoms with E-state index in [2.05, 4.69) is 0 Å². The molecule has 0 N–H and O–H groups in total. The molecule has 1 aromatic carbocycles. The summed E-state index contributed by atoms with van der Waals surface area (Å²) in [6.07, 6.45) is 1.31. The van der Waals surface area contributed by atoms with Crippen molar-refractivity contribution in [2.45, 2.75) is 17.7 Å². The highest BCUT2D eigenvalue weighted by Gasteiger charge is 2.31. The van der Waals surface area contributed by atoms with Crippen molar-refractivity contribution in [1.29, 1.82) is 0 Å². The van der Waals surface area contributed by atoms with Crippen LogP contribution in [0.1, 0.15) is 12.8 Å². The number of piperidine rings is 1. The molecule has 4 nitrogen and oxygen atoms in total. The molecule has 0 radical (unpaired) electrons. The minimum atomic E-state index is -3.98. The Morgan fingerprint density at radius 3 is 2.55 bits per heavy atom. The lowest BCUT2D eigenvalue weighted by atomic mass is 9.99. The predicted octanol–water partition coefficient (Wildman–Crippen LogP) is 2.01. The first-order valence-electron chi connectivity index (χ1n) is 6.39. The SMILES string of the molecule is COCC1CCN(S(=O)(=O)c2cc(F)ccc2F)CC1. The molecule has 1 aliphatic rings. The summed E-state index contributed by atoms with van der Waals surface area (Å²) >= 11 is 0. The first-order chi connectivity index (χ1) is 9.45. The van der Waals surface area contributed by atoms with Crippen molar-refractivity contribution in [2.75, 3.05) is 26.8 Å². The van der Waals surface area contributed by atoms with Gasteiger partial charge in [0.15, 0.2) is 0 Å². The molecule has 7 heteroatoms. The van der Waals surface area contributed by atoms with Crippen molar-refractivity contribution < 1.29 is 21.9 Å². The Balaban J connectivity index is 2.18. The minimum Gasteiger partial charge on any atom is -0.384 e. The predicted molar refractivity (Wildman–Crippen MR) is 69.7 cm³/mol. The van der Waals surface area contributed by atoms with E-state index in [0.717, 1.165) is 18.2 Å². The number of sulfonamides is 1. The maximum atomic E-state index is 13.6. The number of nitrogens with zero attached hydrogens (tertiary/aromatic N) is 1. The van der Waals surface area contributed by atoms with E-state index >= 15 is 0 Å². The molecule has 0 atom stereocenters. The molecule has 0 saturated carbocycles. The lowest BCUT2D eigenvalue weighted by Gasteiger charge is -2.30. The van der Waals surface area contributed by atoms with Gasteiger partial charge in [-0.1, -0.05) is 0 Å². The van der Waals surface area contributed by atoms with Crippen LogP contribution in [0.3, 0.4) is 0 Å². The molecule has 1 aliphatic heterocycles. The lowest BCUT2D eigenvalue weighted by Crippen LogP contribution is -2.39.